The molecule has 0 saturated carbocycles. The van der Waals surface area contributed by atoms with E-state index in [9.17, 15) is 8.42 Å². The van der Waals surface area contributed by atoms with Crippen LogP contribution in [0.1, 0.15) is 96.8 Å². The quantitative estimate of drug-likeness (QED) is 0.306. The first kappa shape index (κ1) is 24.9. The Kier molecular flexibility index (Phi) is 16.6. The van der Waals surface area contributed by atoms with Gasteiger partial charge in [-0.25, -0.2) is 12.7 Å². The van der Waals surface area contributed by atoms with Crippen LogP contribution in [0.5, 0.6) is 0 Å². The Morgan fingerprint density at radius 2 is 1.15 bits per heavy atom. The molecular formula is C20H37N3O2S. The van der Waals surface area contributed by atoms with Gasteiger partial charge in [0.05, 0.1) is 17.9 Å². The molecule has 5 nitrogen and oxygen atoms in total. The van der Waals surface area contributed by atoms with Gasteiger partial charge < -0.3 is 0 Å². The lowest BCUT2D eigenvalue weighted by Gasteiger charge is -2.22. The zero-order valence-corrected chi connectivity index (χ0v) is 17.4. The smallest absolute Gasteiger partial charge is 0.212 e. The lowest BCUT2D eigenvalue weighted by atomic mass is 10.1. The standard InChI is InChI=1S/C20H37N3O2S/c1-2-3-4-5-10-15-20-26(24,25)23(18-13-8-6-11-16-21)19-14-9-7-12-17-22/h2-15,18-20H2,1H3. The van der Waals surface area contributed by atoms with Gasteiger partial charge in [-0.05, 0) is 32.1 Å². The minimum atomic E-state index is -3.20. The molecule has 0 bridgehead atoms. The first-order chi connectivity index (χ1) is 12.6. The second-order valence-electron chi connectivity index (χ2n) is 6.92. The predicted octanol–water partition coefficient (Wildman–Crippen LogP) is 5.15. The lowest BCUT2D eigenvalue weighted by molar-refractivity contribution is 0.386. The van der Waals surface area contributed by atoms with Crippen LogP contribution in [-0.4, -0.2) is 31.6 Å². The van der Waals surface area contributed by atoms with Gasteiger partial charge in [0.15, 0.2) is 0 Å². The maximum atomic E-state index is 12.7. The van der Waals surface area contributed by atoms with E-state index >= 15 is 0 Å². The molecule has 0 heterocycles. The van der Waals surface area contributed by atoms with Gasteiger partial charge in [-0.2, -0.15) is 10.5 Å². The Morgan fingerprint density at radius 1 is 0.692 bits per heavy atom. The van der Waals surface area contributed by atoms with Crippen molar-refractivity contribution in [2.45, 2.75) is 96.8 Å². The molecule has 0 amide bonds. The summed E-state index contributed by atoms with van der Waals surface area (Å²) in [4.78, 5) is 0. The van der Waals surface area contributed by atoms with Crippen LogP contribution in [0, 0.1) is 22.7 Å². The van der Waals surface area contributed by atoms with Gasteiger partial charge in [-0.15, -0.1) is 0 Å². The fourth-order valence-electron chi connectivity index (χ4n) is 2.92. The molecule has 0 atom stereocenters. The second kappa shape index (κ2) is 17.3. The summed E-state index contributed by atoms with van der Waals surface area (Å²) >= 11 is 0. The van der Waals surface area contributed by atoms with E-state index in [2.05, 4.69) is 19.1 Å². The molecule has 0 radical (unpaired) electrons. The van der Waals surface area contributed by atoms with Gasteiger partial charge in [0.2, 0.25) is 10.0 Å². The zero-order chi connectivity index (χ0) is 19.5. The minimum Gasteiger partial charge on any atom is -0.212 e. The lowest BCUT2D eigenvalue weighted by Crippen LogP contribution is -2.35. The van der Waals surface area contributed by atoms with Crippen molar-refractivity contribution >= 4 is 10.0 Å². The predicted molar refractivity (Wildman–Crippen MR) is 107 cm³/mol. The normalized spacial score (nSPS) is 11.4. The molecule has 0 spiro atoms. The third-order valence-corrected chi connectivity index (χ3v) is 6.50. The molecule has 0 aliphatic heterocycles. The fourth-order valence-corrected chi connectivity index (χ4v) is 4.56. The van der Waals surface area contributed by atoms with Crippen molar-refractivity contribution in [3.05, 3.63) is 0 Å². The summed E-state index contributed by atoms with van der Waals surface area (Å²) in [7, 11) is -3.20. The monoisotopic (exact) mass is 383 g/mol. The number of nitriles is 2. The Balaban J connectivity index is 4.33. The van der Waals surface area contributed by atoms with E-state index in [1.807, 2.05) is 0 Å². The number of unbranched alkanes of at least 4 members (excludes halogenated alkanes) is 11. The summed E-state index contributed by atoms with van der Waals surface area (Å²) in [6.07, 6.45) is 12.6. The molecule has 0 aromatic carbocycles. The minimum absolute atomic E-state index is 0.246. The molecule has 0 aromatic rings. The van der Waals surface area contributed by atoms with Crippen LogP contribution >= 0.6 is 0 Å². The van der Waals surface area contributed by atoms with Crippen LogP contribution in [0.2, 0.25) is 0 Å². The topological polar surface area (TPSA) is 85.0 Å². The Labute approximate surface area is 161 Å². The average molecular weight is 384 g/mol. The van der Waals surface area contributed by atoms with Crippen LogP contribution in [0.15, 0.2) is 0 Å². The molecule has 26 heavy (non-hydrogen) atoms. The largest absolute Gasteiger partial charge is 0.214 e. The second-order valence-corrected chi connectivity index (χ2v) is 9.01. The van der Waals surface area contributed by atoms with Crippen molar-refractivity contribution in [3.8, 4) is 12.1 Å². The van der Waals surface area contributed by atoms with Crippen molar-refractivity contribution in [1.29, 1.82) is 10.5 Å². The Hall–Kier alpha value is -1.11. The molecule has 0 aromatic heterocycles. The molecule has 0 N–H and O–H groups in total. The highest BCUT2D eigenvalue weighted by molar-refractivity contribution is 7.89. The summed E-state index contributed by atoms with van der Waals surface area (Å²) in [6, 6.07) is 4.26. The van der Waals surface area contributed by atoms with Crippen LogP contribution in [0.4, 0.5) is 0 Å². The van der Waals surface area contributed by atoms with Crippen LogP contribution < -0.4 is 0 Å². The zero-order valence-electron chi connectivity index (χ0n) is 16.6. The third kappa shape index (κ3) is 14.1. The molecule has 0 aliphatic carbocycles. The average Bonchev–Trinajstić information content (AvgIpc) is 2.62. The SMILES string of the molecule is CCCCCCCCS(=O)(=O)N(CCCCCC#N)CCCCCC#N. The fraction of sp³-hybridized carbons (Fsp3) is 0.900. The number of hydrogen-bond acceptors (Lipinski definition) is 4. The van der Waals surface area contributed by atoms with Gasteiger partial charge in [0.25, 0.3) is 0 Å². The van der Waals surface area contributed by atoms with Crippen molar-refractivity contribution in [3.63, 3.8) is 0 Å². The summed E-state index contributed by atoms with van der Waals surface area (Å²) in [5.74, 6) is 0.246. The van der Waals surface area contributed by atoms with Crippen molar-refractivity contribution in [2.24, 2.45) is 0 Å². The van der Waals surface area contributed by atoms with Crippen molar-refractivity contribution in [2.75, 3.05) is 18.8 Å². The van der Waals surface area contributed by atoms with E-state index in [0.29, 0.717) is 25.9 Å². The Bertz CT molecular complexity index is 482. The van der Waals surface area contributed by atoms with Gasteiger partial charge in [-0.1, -0.05) is 51.9 Å². The van der Waals surface area contributed by atoms with Gasteiger partial charge in [0.1, 0.15) is 0 Å². The molecular weight excluding hydrogens is 346 g/mol. The Morgan fingerprint density at radius 3 is 1.65 bits per heavy atom. The highest BCUT2D eigenvalue weighted by Crippen LogP contribution is 2.13. The summed E-state index contributed by atoms with van der Waals surface area (Å²) < 4.78 is 27.0. The van der Waals surface area contributed by atoms with E-state index in [1.54, 1.807) is 4.31 Å². The highest BCUT2D eigenvalue weighted by atomic mass is 32.2. The highest BCUT2D eigenvalue weighted by Gasteiger charge is 2.20. The molecule has 0 unspecified atom stereocenters. The van der Waals surface area contributed by atoms with E-state index in [0.717, 1.165) is 57.8 Å². The van der Waals surface area contributed by atoms with E-state index < -0.39 is 10.0 Å². The van der Waals surface area contributed by atoms with Crippen LogP contribution in [0.3, 0.4) is 0 Å². The maximum Gasteiger partial charge on any atom is 0.214 e. The third-order valence-electron chi connectivity index (χ3n) is 4.54. The van der Waals surface area contributed by atoms with Crippen molar-refractivity contribution in [1.82, 2.24) is 4.31 Å². The van der Waals surface area contributed by atoms with Gasteiger partial charge in [-0.3, -0.25) is 0 Å². The molecule has 6 heteroatoms. The summed E-state index contributed by atoms with van der Waals surface area (Å²) in [5, 5.41) is 17.2. The van der Waals surface area contributed by atoms with E-state index in [-0.39, 0.29) is 5.75 Å². The van der Waals surface area contributed by atoms with E-state index in [4.69, 9.17) is 10.5 Å². The molecule has 0 saturated heterocycles. The van der Waals surface area contributed by atoms with Crippen molar-refractivity contribution < 1.29 is 8.42 Å². The number of nitrogens with zero attached hydrogens (tertiary/aromatic N) is 3. The summed E-state index contributed by atoms with van der Waals surface area (Å²) in [6.45, 7) is 3.29. The first-order valence-electron chi connectivity index (χ1n) is 10.3. The van der Waals surface area contributed by atoms with E-state index in [1.165, 1.54) is 19.3 Å². The van der Waals surface area contributed by atoms with Gasteiger partial charge >= 0.3 is 0 Å². The maximum absolute atomic E-state index is 12.7. The van der Waals surface area contributed by atoms with Crippen LogP contribution in [0.25, 0.3) is 0 Å². The number of rotatable bonds is 18. The van der Waals surface area contributed by atoms with Crippen LogP contribution in [-0.2, 0) is 10.0 Å². The summed E-state index contributed by atoms with van der Waals surface area (Å²) in [5.41, 5.74) is 0. The molecule has 0 fully saturated rings. The number of hydrogen-bond donors (Lipinski definition) is 0. The van der Waals surface area contributed by atoms with Gasteiger partial charge in [0, 0.05) is 25.9 Å². The molecule has 150 valence electrons. The first-order valence-corrected chi connectivity index (χ1v) is 11.9. The molecule has 0 aliphatic rings. The number of sulfonamides is 1. The molecule has 0 rings (SSSR count).